The highest BCUT2D eigenvalue weighted by molar-refractivity contribution is 5.77. The number of hydrogen-bond donors (Lipinski definition) is 1. The average Bonchev–Trinajstić information content (AvgIpc) is 2.99. The Morgan fingerprint density at radius 1 is 1.28 bits per heavy atom. The Balaban J connectivity index is 2.43. The molecule has 0 bridgehead atoms. The van der Waals surface area contributed by atoms with Gasteiger partial charge in [-0.05, 0) is 42.5 Å². The van der Waals surface area contributed by atoms with E-state index in [1.54, 1.807) is 0 Å². The number of carboxylic acid groups (broad SMARTS) is 1. The number of hydrogen-bond acceptors (Lipinski definition) is 1. The van der Waals surface area contributed by atoms with Crippen LogP contribution in [0.5, 0.6) is 0 Å². The first-order valence-electron chi connectivity index (χ1n) is 5.39. The van der Waals surface area contributed by atoms with Crippen LogP contribution in [0.2, 0.25) is 0 Å². The van der Waals surface area contributed by atoms with Crippen LogP contribution >= 0.6 is 0 Å². The molecule has 1 fully saturated rings. The van der Waals surface area contributed by atoms with Crippen LogP contribution in [-0.2, 0) is 11.0 Å². The first-order valence-corrected chi connectivity index (χ1v) is 5.39. The van der Waals surface area contributed by atoms with Crippen LogP contribution in [0.3, 0.4) is 0 Å². The maximum Gasteiger partial charge on any atom is 0.416 e. The second-order valence-electron chi connectivity index (χ2n) is 4.42. The third-order valence-corrected chi connectivity index (χ3v) is 2.97. The molecule has 0 saturated heterocycles. The summed E-state index contributed by atoms with van der Waals surface area (Å²) in [5, 5.41) is 9.02. The van der Waals surface area contributed by atoms with Crippen LogP contribution < -0.4 is 0 Å². The molecule has 2 nitrogen and oxygen atoms in total. The van der Waals surface area contributed by atoms with Gasteiger partial charge in [-0.25, -0.2) is 4.39 Å². The lowest BCUT2D eigenvalue weighted by atomic mass is 9.92. The molecule has 0 radical (unpaired) electrons. The third kappa shape index (κ3) is 2.63. The summed E-state index contributed by atoms with van der Waals surface area (Å²) in [5.41, 5.74) is -1.26. The van der Waals surface area contributed by atoms with Gasteiger partial charge in [0.15, 0.2) is 0 Å². The van der Waals surface area contributed by atoms with E-state index in [0.717, 1.165) is 12.1 Å². The van der Waals surface area contributed by atoms with Gasteiger partial charge in [-0.1, -0.05) is 0 Å². The van der Waals surface area contributed by atoms with E-state index in [9.17, 15) is 22.4 Å². The maximum absolute atomic E-state index is 13.2. The summed E-state index contributed by atoms with van der Waals surface area (Å²) in [6.45, 7) is 0. The van der Waals surface area contributed by atoms with Crippen molar-refractivity contribution in [3.05, 3.63) is 35.1 Å². The molecule has 1 aromatic carbocycles. The molecule has 0 amide bonds. The molecule has 0 aromatic heterocycles. The molecule has 1 aromatic rings. The van der Waals surface area contributed by atoms with Gasteiger partial charge in [0.25, 0.3) is 0 Å². The first-order chi connectivity index (χ1) is 8.29. The maximum atomic E-state index is 13.2. The molecular weight excluding hydrogens is 252 g/mol. The van der Waals surface area contributed by atoms with Gasteiger partial charge in [-0.3, -0.25) is 4.79 Å². The fraction of sp³-hybridized carbons (Fsp3) is 0.417. The lowest BCUT2D eigenvalue weighted by Gasteiger charge is -2.14. The Morgan fingerprint density at radius 3 is 2.33 bits per heavy atom. The van der Waals surface area contributed by atoms with E-state index in [4.69, 9.17) is 5.11 Å². The van der Waals surface area contributed by atoms with Crippen LogP contribution in [-0.4, -0.2) is 11.1 Å². The summed E-state index contributed by atoms with van der Waals surface area (Å²) in [4.78, 5) is 11.0. The molecule has 6 heteroatoms. The monoisotopic (exact) mass is 262 g/mol. The molecular formula is C12H10F4O2. The van der Waals surface area contributed by atoms with Crippen molar-refractivity contribution in [2.24, 2.45) is 5.92 Å². The van der Waals surface area contributed by atoms with Gasteiger partial charge in [-0.15, -0.1) is 0 Å². The zero-order valence-electron chi connectivity index (χ0n) is 9.17. The van der Waals surface area contributed by atoms with Crippen molar-refractivity contribution in [3.63, 3.8) is 0 Å². The van der Waals surface area contributed by atoms with Crippen molar-refractivity contribution in [1.29, 1.82) is 0 Å². The molecule has 98 valence electrons. The first kappa shape index (κ1) is 12.9. The number of alkyl halides is 3. The molecule has 18 heavy (non-hydrogen) atoms. The number of rotatable bonds is 3. The second-order valence-corrected chi connectivity index (χ2v) is 4.42. The van der Waals surface area contributed by atoms with Crippen LogP contribution in [0.1, 0.15) is 29.9 Å². The molecule has 1 unspecified atom stereocenters. The normalized spacial score (nSPS) is 17.6. The quantitative estimate of drug-likeness (QED) is 0.847. The molecule has 0 aliphatic heterocycles. The Labute approximate surface area is 100 Å². The summed E-state index contributed by atoms with van der Waals surface area (Å²) < 4.78 is 50.7. The largest absolute Gasteiger partial charge is 0.481 e. The van der Waals surface area contributed by atoms with Crippen LogP contribution in [0.15, 0.2) is 18.2 Å². The Kier molecular flexibility index (Phi) is 3.04. The predicted molar refractivity (Wildman–Crippen MR) is 54.5 cm³/mol. The number of halogens is 4. The highest BCUT2D eigenvalue weighted by atomic mass is 19.4. The standard InChI is InChI=1S/C12H10F4O2/c13-9-4-7(3-8(5-9)12(14,15)16)10(11(17)18)6-1-2-6/h3-6,10H,1-2H2,(H,17,18). The molecule has 1 atom stereocenters. The SMILES string of the molecule is O=C(O)C(c1cc(F)cc(C(F)(F)F)c1)C1CC1. The molecule has 1 saturated carbocycles. The summed E-state index contributed by atoms with van der Waals surface area (Å²) in [6, 6.07) is 1.96. The fourth-order valence-electron chi connectivity index (χ4n) is 2.00. The van der Waals surface area contributed by atoms with Gasteiger partial charge in [-0.2, -0.15) is 13.2 Å². The van der Waals surface area contributed by atoms with Crippen molar-refractivity contribution >= 4 is 5.97 Å². The zero-order valence-corrected chi connectivity index (χ0v) is 9.17. The van der Waals surface area contributed by atoms with Crippen molar-refractivity contribution in [1.82, 2.24) is 0 Å². The third-order valence-electron chi connectivity index (χ3n) is 2.97. The van der Waals surface area contributed by atoms with E-state index in [-0.39, 0.29) is 11.5 Å². The lowest BCUT2D eigenvalue weighted by Crippen LogP contribution is -2.15. The Bertz CT molecular complexity index is 477. The summed E-state index contributed by atoms with van der Waals surface area (Å²) in [5.74, 6) is -3.52. The molecule has 1 aliphatic rings. The van der Waals surface area contributed by atoms with Gasteiger partial charge < -0.3 is 5.11 Å². The van der Waals surface area contributed by atoms with Crippen LogP contribution in [0.25, 0.3) is 0 Å². The van der Waals surface area contributed by atoms with E-state index < -0.39 is 29.4 Å². The Hall–Kier alpha value is -1.59. The van der Waals surface area contributed by atoms with Gasteiger partial charge in [0.1, 0.15) is 5.82 Å². The van der Waals surface area contributed by atoms with Crippen LogP contribution in [0, 0.1) is 11.7 Å². The minimum Gasteiger partial charge on any atom is -0.481 e. The van der Waals surface area contributed by atoms with Crippen molar-refractivity contribution in [2.45, 2.75) is 24.9 Å². The van der Waals surface area contributed by atoms with Gasteiger partial charge in [0, 0.05) is 0 Å². The van der Waals surface area contributed by atoms with E-state index in [1.165, 1.54) is 0 Å². The predicted octanol–water partition coefficient (Wildman–Crippen LogP) is 3.42. The van der Waals surface area contributed by atoms with Gasteiger partial charge in [0.05, 0.1) is 11.5 Å². The van der Waals surface area contributed by atoms with Gasteiger partial charge >= 0.3 is 12.1 Å². The molecule has 1 N–H and O–H groups in total. The molecule has 0 spiro atoms. The minimum atomic E-state index is -4.68. The number of carbonyl (C=O) groups is 1. The number of aliphatic carboxylic acids is 1. The summed E-state index contributed by atoms with van der Waals surface area (Å²) in [6.07, 6.45) is -3.38. The van der Waals surface area contributed by atoms with Gasteiger partial charge in [0.2, 0.25) is 0 Å². The zero-order chi connectivity index (χ0) is 13.5. The van der Waals surface area contributed by atoms with E-state index in [0.29, 0.717) is 18.9 Å². The Morgan fingerprint density at radius 2 is 1.89 bits per heavy atom. The smallest absolute Gasteiger partial charge is 0.416 e. The van der Waals surface area contributed by atoms with E-state index in [1.807, 2.05) is 0 Å². The highest BCUT2D eigenvalue weighted by Gasteiger charge is 2.39. The summed E-state index contributed by atoms with van der Waals surface area (Å²) in [7, 11) is 0. The molecule has 2 rings (SSSR count). The summed E-state index contributed by atoms with van der Waals surface area (Å²) >= 11 is 0. The molecule has 0 heterocycles. The lowest BCUT2D eigenvalue weighted by molar-refractivity contribution is -0.140. The number of benzene rings is 1. The number of carboxylic acids is 1. The topological polar surface area (TPSA) is 37.3 Å². The van der Waals surface area contributed by atoms with Crippen molar-refractivity contribution in [2.75, 3.05) is 0 Å². The van der Waals surface area contributed by atoms with E-state index in [2.05, 4.69) is 0 Å². The van der Waals surface area contributed by atoms with Crippen molar-refractivity contribution in [3.8, 4) is 0 Å². The second kappa shape index (κ2) is 4.26. The van der Waals surface area contributed by atoms with Crippen molar-refractivity contribution < 1.29 is 27.5 Å². The fourth-order valence-corrected chi connectivity index (χ4v) is 2.00. The molecule has 1 aliphatic carbocycles. The van der Waals surface area contributed by atoms with E-state index >= 15 is 0 Å². The highest BCUT2D eigenvalue weighted by Crippen LogP contribution is 2.44. The average molecular weight is 262 g/mol. The van der Waals surface area contributed by atoms with Crippen LogP contribution in [0.4, 0.5) is 17.6 Å². The minimum absolute atomic E-state index is 0.114.